The average molecular weight is 347 g/mol. The number of benzene rings is 1. The van der Waals surface area contributed by atoms with E-state index in [4.69, 9.17) is 0 Å². The van der Waals surface area contributed by atoms with Crippen LogP contribution in [-0.4, -0.2) is 31.1 Å². The molecule has 0 bridgehead atoms. The molecule has 7 nitrogen and oxygen atoms in total. The van der Waals surface area contributed by atoms with Crippen molar-refractivity contribution in [2.24, 2.45) is 0 Å². The van der Waals surface area contributed by atoms with E-state index in [0.717, 1.165) is 11.8 Å². The number of amides is 1. The van der Waals surface area contributed by atoms with E-state index in [2.05, 4.69) is 25.3 Å². The van der Waals surface area contributed by atoms with Crippen molar-refractivity contribution < 1.29 is 9.18 Å². The number of imidazole rings is 1. The van der Waals surface area contributed by atoms with Crippen LogP contribution in [-0.2, 0) is 4.79 Å². The van der Waals surface area contributed by atoms with Crippen molar-refractivity contribution in [3.05, 3.63) is 46.8 Å². The van der Waals surface area contributed by atoms with Gasteiger partial charge in [-0.15, -0.1) is 0 Å². The van der Waals surface area contributed by atoms with Gasteiger partial charge in [0.25, 0.3) is 5.56 Å². The normalized spacial score (nSPS) is 12.2. The topological polar surface area (TPSA) is 104 Å². The van der Waals surface area contributed by atoms with Gasteiger partial charge in [0.1, 0.15) is 5.82 Å². The summed E-state index contributed by atoms with van der Waals surface area (Å²) in [7, 11) is 0. The minimum absolute atomic E-state index is 0.251. The third kappa shape index (κ3) is 3.46. The van der Waals surface area contributed by atoms with E-state index >= 15 is 0 Å². The lowest BCUT2D eigenvalue weighted by Gasteiger charge is -2.14. The Kier molecular flexibility index (Phi) is 4.61. The van der Waals surface area contributed by atoms with E-state index in [0.29, 0.717) is 28.4 Å². The highest BCUT2D eigenvalue weighted by atomic mass is 32.2. The number of carbonyl (C=O) groups is 1. The third-order valence-electron chi connectivity index (χ3n) is 3.30. The quantitative estimate of drug-likeness (QED) is 0.485. The number of anilines is 1. The van der Waals surface area contributed by atoms with Crippen LogP contribution >= 0.6 is 11.8 Å². The van der Waals surface area contributed by atoms with Crippen molar-refractivity contribution in [3.8, 4) is 0 Å². The molecule has 0 unspecified atom stereocenters. The van der Waals surface area contributed by atoms with Crippen LogP contribution in [0.3, 0.4) is 0 Å². The zero-order valence-corrected chi connectivity index (χ0v) is 13.5. The Bertz CT molecular complexity index is 922. The Morgan fingerprint density at radius 3 is 2.83 bits per heavy atom. The number of aromatic amines is 2. The molecule has 3 N–H and O–H groups in total. The van der Waals surface area contributed by atoms with Crippen molar-refractivity contribution in [1.29, 1.82) is 0 Å². The zero-order chi connectivity index (χ0) is 17.1. The van der Waals surface area contributed by atoms with E-state index < -0.39 is 5.25 Å². The molecule has 3 aromatic rings. The van der Waals surface area contributed by atoms with Gasteiger partial charge in [0.2, 0.25) is 5.91 Å². The maximum atomic E-state index is 12.9. The summed E-state index contributed by atoms with van der Waals surface area (Å²) in [5.74, 6) is -0.623. The van der Waals surface area contributed by atoms with Gasteiger partial charge in [-0.2, -0.15) is 0 Å². The monoisotopic (exact) mass is 347 g/mol. The number of fused-ring (bicyclic) bond motifs is 1. The van der Waals surface area contributed by atoms with Gasteiger partial charge in [0.15, 0.2) is 16.3 Å². The van der Waals surface area contributed by atoms with E-state index in [1.165, 1.54) is 30.6 Å². The fourth-order valence-corrected chi connectivity index (χ4v) is 2.98. The molecule has 9 heteroatoms. The summed E-state index contributed by atoms with van der Waals surface area (Å²) >= 11 is 1.14. The largest absolute Gasteiger partial charge is 0.339 e. The van der Waals surface area contributed by atoms with Crippen LogP contribution in [0.4, 0.5) is 10.1 Å². The molecule has 0 aliphatic carbocycles. The first-order valence-corrected chi connectivity index (χ1v) is 8.11. The molecule has 1 amide bonds. The van der Waals surface area contributed by atoms with Crippen LogP contribution in [0.2, 0.25) is 0 Å². The summed E-state index contributed by atoms with van der Waals surface area (Å²) in [6.45, 7) is 1.85. The van der Waals surface area contributed by atoms with E-state index in [-0.39, 0.29) is 17.3 Å². The van der Waals surface area contributed by atoms with Crippen molar-refractivity contribution >= 4 is 34.5 Å². The van der Waals surface area contributed by atoms with Crippen LogP contribution in [0.15, 0.2) is 40.5 Å². The van der Waals surface area contributed by atoms with Gasteiger partial charge >= 0.3 is 0 Å². The van der Waals surface area contributed by atoms with Gasteiger partial charge in [0, 0.05) is 5.69 Å². The highest BCUT2D eigenvalue weighted by molar-refractivity contribution is 8.00. The zero-order valence-electron chi connectivity index (χ0n) is 12.7. The predicted molar refractivity (Wildman–Crippen MR) is 89.5 cm³/mol. The second kappa shape index (κ2) is 6.83. The first-order valence-electron chi connectivity index (χ1n) is 7.23. The fraction of sp³-hybridized carbons (Fsp3) is 0.200. The average Bonchev–Trinajstić information content (AvgIpc) is 3.03. The number of hydrogen-bond donors (Lipinski definition) is 3. The molecule has 0 fully saturated rings. The molecule has 0 saturated heterocycles. The molecule has 1 atom stereocenters. The summed E-state index contributed by atoms with van der Waals surface area (Å²) in [6.07, 6.45) is 1.92. The first kappa shape index (κ1) is 16.2. The molecule has 0 aliphatic heterocycles. The molecule has 2 aromatic heterocycles. The number of carbonyl (C=O) groups excluding carboxylic acids is 1. The Hall–Kier alpha value is -2.68. The summed E-state index contributed by atoms with van der Waals surface area (Å²) in [6, 6.07) is 5.52. The maximum Gasteiger partial charge on any atom is 0.277 e. The number of thioether (sulfide) groups is 1. The van der Waals surface area contributed by atoms with Gasteiger partial charge < -0.3 is 10.3 Å². The number of aromatic nitrogens is 4. The van der Waals surface area contributed by atoms with Crippen LogP contribution in [0.25, 0.3) is 11.2 Å². The minimum atomic E-state index is -0.463. The summed E-state index contributed by atoms with van der Waals surface area (Å²) in [5, 5.41) is 2.58. The number of nitrogens with one attached hydrogen (secondary N) is 3. The molecule has 2 heterocycles. The molecule has 0 aliphatic rings. The maximum absolute atomic E-state index is 12.9. The van der Waals surface area contributed by atoms with Gasteiger partial charge in [-0.25, -0.2) is 14.4 Å². The van der Waals surface area contributed by atoms with Gasteiger partial charge in [-0.1, -0.05) is 18.7 Å². The molecule has 1 aromatic carbocycles. The molecule has 0 saturated carbocycles. The smallest absolute Gasteiger partial charge is 0.277 e. The first-order chi connectivity index (χ1) is 11.6. The van der Waals surface area contributed by atoms with Crippen LogP contribution in [0.5, 0.6) is 0 Å². The molecule has 0 spiro atoms. The lowest BCUT2D eigenvalue weighted by Crippen LogP contribution is -2.25. The van der Waals surface area contributed by atoms with Gasteiger partial charge in [-0.05, 0) is 30.7 Å². The molecule has 3 rings (SSSR count). The molecule has 124 valence electrons. The standard InChI is InChI=1S/C15H14FN5O2S/c1-2-10(13(22)19-9-5-3-8(16)4-6-9)24-15-20-12-11(14(23)21-15)17-7-18-12/h3-7,10H,2H2,1H3,(H,19,22)(H2,17,18,20,21,23)/t10-/m0/s1. The van der Waals surface area contributed by atoms with Crippen LogP contribution in [0.1, 0.15) is 13.3 Å². The van der Waals surface area contributed by atoms with Crippen LogP contribution in [0, 0.1) is 5.82 Å². The number of nitrogens with zero attached hydrogens (tertiary/aromatic N) is 2. The second-order valence-corrected chi connectivity index (χ2v) is 6.17. The second-order valence-electron chi connectivity index (χ2n) is 4.98. The Balaban J connectivity index is 1.76. The highest BCUT2D eigenvalue weighted by Crippen LogP contribution is 2.23. The van der Waals surface area contributed by atoms with Gasteiger partial charge in [0.05, 0.1) is 11.6 Å². The lowest BCUT2D eigenvalue weighted by atomic mass is 10.2. The van der Waals surface area contributed by atoms with Crippen molar-refractivity contribution in [2.75, 3.05) is 5.32 Å². The number of hydrogen-bond acceptors (Lipinski definition) is 5. The van der Waals surface area contributed by atoms with Crippen molar-refractivity contribution in [2.45, 2.75) is 23.8 Å². The SMILES string of the molecule is CC[C@H](Sc1nc2nc[nH]c2c(=O)[nH]1)C(=O)Nc1ccc(F)cc1. The van der Waals surface area contributed by atoms with Gasteiger partial charge in [-0.3, -0.25) is 14.6 Å². The summed E-state index contributed by atoms with van der Waals surface area (Å²) in [5.41, 5.74) is 0.761. The molecule has 24 heavy (non-hydrogen) atoms. The molecule has 0 radical (unpaired) electrons. The third-order valence-corrected chi connectivity index (χ3v) is 4.55. The Morgan fingerprint density at radius 2 is 2.12 bits per heavy atom. The fourth-order valence-electron chi connectivity index (χ4n) is 2.09. The highest BCUT2D eigenvalue weighted by Gasteiger charge is 2.20. The van der Waals surface area contributed by atoms with E-state index in [1.54, 1.807) is 0 Å². The van der Waals surface area contributed by atoms with Crippen LogP contribution < -0.4 is 10.9 Å². The Labute approximate surface area is 140 Å². The predicted octanol–water partition coefficient (Wildman–Crippen LogP) is 2.29. The number of H-pyrrole nitrogens is 2. The van der Waals surface area contributed by atoms with Crippen molar-refractivity contribution in [3.63, 3.8) is 0 Å². The minimum Gasteiger partial charge on any atom is -0.339 e. The van der Waals surface area contributed by atoms with E-state index in [9.17, 15) is 14.0 Å². The number of rotatable bonds is 5. The number of halogens is 1. The van der Waals surface area contributed by atoms with Crippen molar-refractivity contribution in [1.82, 2.24) is 19.9 Å². The molecular weight excluding hydrogens is 333 g/mol. The van der Waals surface area contributed by atoms with E-state index in [1.807, 2.05) is 6.92 Å². The molecular formula is C15H14FN5O2S. The lowest BCUT2D eigenvalue weighted by molar-refractivity contribution is -0.115. The summed E-state index contributed by atoms with van der Waals surface area (Å²) in [4.78, 5) is 37.8. The summed E-state index contributed by atoms with van der Waals surface area (Å²) < 4.78 is 12.9. The Morgan fingerprint density at radius 1 is 1.38 bits per heavy atom.